The number of fused-ring (bicyclic) bond motifs is 1. The second kappa shape index (κ2) is 6.27. The van der Waals surface area contributed by atoms with Gasteiger partial charge in [0.2, 0.25) is 0 Å². The molecule has 0 N–H and O–H groups in total. The number of hydrogen-bond acceptors (Lipinski definition) is 2. The van der Waals surface area contributed by atoms with Gasteiger partial charge in [-0.3, -0.25) is 4.79 Å². The lowest BCUT2D eigenvalue weighted by molar-refractivity contribution is 0.104. The van der Waals surface area contributed by atoms with Crippen LogP contribution in [-0.2, 0) is 0 Å². The molecule has 0 amide bonds. The Hall–Kier alpha value is -2.87. The molecule has 0 bridgehead atoms. The summed E-state index contributed by atoms with van der Waals surface area (Å²) in [5.74, 6) is 0.772. The molecule has 0 heterocycles. The first kappa shape index (κ1) is 14.1. The molecule has 0 aliphatic carbocycles. The third-order valence-corrected chi connectivity index (χ3v) is 3.55. The molecule has 2 heteroatoms. The number of ketones is 1. The van der Waals surface area contributed by atoms with Crippen molar-refractivity contribution < 1.29 is 9.53 Å². The van der Waals surface area contributed by atoms with E-state index in [4.69, 9.17) is 4.74 Å². The number of hydrogen-bond donors (Lipinski definition) is 0. The second-order valence-electron chi connectivity index (χ2n) is 5.04. The molecule has 0 saturated carbocycles. The summed E-state index contributed by atoms with van der Waals surface area (Å²) in [5.41, 5.74) is 1.63. The summed E-state index contributed by atoms with van der Waals surface area (Å²) in [6.07, 6.45) is 3.40. The zero-order chi connectivity index (χ0) is 15.4. The van der Waals surface area contributed by atoms with Crippen molar-refractivity contribution in [2.75, 3.05) is 7.11 Å². The molecule has 0 radical (unpaired) electrons. The average Bonchev–Trinajstić information content (AvgIpc) is 2.59. The summed E-state index contributed by atoms with van der Waals surface area (Å²) < 4.78 is 5.18. The first-order valence-corrected chi connectivity index (χ1v) is 7.11. The van der Waals surface area contributed by atoms with E-state index in [0.29, 0.717) is 5.56 Å². The van der Waals surface area contributed by atoms with Crippen molar-refractivity contribution >= 4 is 22.6 Å². The first-order chi connectivity index (χ1) is 10.8. The van der Waals surface area contributed by atoms with Crippen LogP contribution in [0.1, 0.15) is 15.9 Å². The maximum absolute atomic E-state index is 12.3. The Kier molecular flexibility index (Phi) is 4.01. The molecular formula is C20H16O2. The van der Waals surface area contributed by atoms with Crippen LogP contribution in [0.4, 0.5) is 0 Å². The minimum Gasteiger partial charge on any atom is -0.497 e. The van der Waals surface area contributed by atoms with Crippen molar-refractivity contribution in [1.82, 2.24) is 0 Å². The fourth-order valence-corrected chi connectivity index (χ4v) is 2.36. The molecule has 0 aliphatic heterocycles. The zero-order valence-electron chi connectivity index (χ0n) is 12.3. The standard InChI is InChI=1S/C20H16O2/c1-22-19-8-4-5-15(13-19)9-12-20(21)18-11-10-16-6-2-3-7-17(16)14-18/h2-14H,1H3. The fraction of sp³-hybridized carbons (Fsp3) is 0.0500. The predicted molar refractivity (Wildman–Crippen MR) is 90.3 cm³/mol. The molecule has 2 nitrogen and oxygen atoms in total. The van der Waals surface area contributed by atoms with Crippen molar-refractivity contribution in [1.29, 1.82) is 0 Å². The van der Waals surface area contributed by atoms with Crippen LogP contribution in [0.5, 0.6) is 5.75 Å². The molecular weight excluding hydrogens is 272 g/mol. The highest BCUT2D eigenvalue weighted by Crippen LogP contribution is 2.17. The van der Waals surface area contributed by atoms with Crippen molar-refractivity contribution in [3.05, 3.63) is 83.9 Å². The summed E-state index contributed by atoms with van der Waals surface area (Å²) in [4.78, 5) is 12.3. The van der Waals surface area contributed by atoms with Crippen LogP contribution < -0.4 is 4.74 Å². The van der Waals surface area contributed by atoms with Gasteiger partial charge in [-0.05, 0) is 40.6 Å². The Morgan fingerprint density at radius 1 is 0.909 bits per heavy atom. The van der Waals surface area contributed by atoms with Crippen LogP contribution in [0, 0.1) is 0 Å². The van der Waals surface area contributed by atoms with E-state index in [1.54, 1.807) is 19.3 Å². The lowest BCUT2D eigenvalue weighted by Crippen LogP contribution is -1.93. The predicted octanol–water partition coefficient (Wildman–Crippen LogP) is 4.74. The molecule has 0 aliphatic rings. The summed E-state index contributed by atoms with van der Waals surface area (Å²) in [6.45, 7) is 0. The van der Waals surface area contributed by atoms with Crippen LogP contribution in [0.25, 0.3) is 16.8 Å². The third kappa shape index (κ3) is 3.07. The number of carbonyl (C=O) groups excluding carboxylic acids is 1. The SMILES string of the molecule is COc1cccc(C=CC(=O)c2ccc3ccccc3c2)c1. The van der Waals surface area contributed by atoms with E-state index in [9.17, 15) is 4.79 Å². The van der Waals surface area contributed by atoms with Crippen molar-refractivity contribution in [2.24, 2.45) is 0 Å². The van der Waals surface area contributed by atoms with Gasteiger partial charge in [0.25, 0.3) is 0 Å². The molecule has 0 unspecified atom stereocenters. The third-order valence-electron chi connectivity index (χ3n) is 3.55. The van der Waals surface area contributed by atoms with Crippen LogP contribution in [-0.4, -0.2) is 12.9 Å². The topological polar surface area (TPSA) is 26.3 Å². The highest BCUT2D eigenvalue weighted by atomic mass is 16.5. The van der Waals surface area contributed by atoms with E-state index < -0.39 is 0 Å². The normalized spacial score (nSPS) is 11.0. The van der Waals surface area contributed by atoms with Gasteiger partial charge < -0.3 is 4.74 Å². The van der Waals surface area contributed by atoms with Crippen molar-refractivity contribution in [2.45, 2.75) is 0 Å². The van der Waals surface area contributed by atoms with E-state index in [1.807, 2.05) is 66.7 Å². The number of allylic oxidation sites excluding steroid dienone is 1. The zero-order valence-corrected chi connectivity index (χ0v) is 12.3. The van der Waals surface area contributed by atoms with Gasteiger partial charge in [0, 0.05) is 5.56 Å². The van der Waals surface area contributed by atoms with Crippen molar-refractivity contribution in [3.8, 4) is 5.75 Å². The van der Waals surface area contributed by atoms with Gasteiger partial charge in [0.05, 0.1) is 7.11 Å². The van der Waals surface area contributed by atoms with Gasteiger partial charge in [-0.15, -0.1) is 0 Å². The largest absolute Gasteiger partial charge is 0.497 e. The molecule has 0 spiro atoms. The highest BCUT2D eigenvalue weighted by Gasteiger charge is 2.03. The number of benzene rings is 3. The van der Waals surface area contributed by atoms with Gasteiger partial charge in [0.15, 0.2) is 5.78 Å². The minimum atomic E-state index is -0.00595. The summed E-state index contributed by atoms with van der Waals surface area (Å²) in [7, 11) is 1.63. The molecule has 22 heavy (non-hydrogen) atoms. The Labute approximate surface area is 129 Å². The van der Waals surface area contributed by atoms with E-state index >= 15 is 0 Å². The van der Waals surface area contributed by atoms with E-state index in [0.717, 1.165) is 22.1 Å². The molecule has 0 saturated heterocycles. The Morgan fingerprint density at radius 3 is 2.55 bits per heavy atom. The summed E-state index contributed by atoms with van der Waals surface area (Å²) in [5, 5.41) is 2.21. The summed E-state index contributed by atoms with van der Waals surface area (Å²) >= 11 is 0. The molecule has 0 atom stereocenters. The van der Waals surface area contributed by atoms with E-state index in [1.165, 1.54) is 0 Å². The molecule has 3 rings (SSSR count). The minimum absolute atomic E-state index is 0.00595. The Bertz CT molecular complexity index is 847. The summed E-state index contributed by atoms with van der Waals surface area (Å²) in [6, 6.07) is 21.4. The quantitative estimate of drug-likeness (QED) is 0.512. The smallest absolute Gasteiger partial charge is 0.185 e. The van der Waals surface area contributed by atoms with Gasteiger partial charge in [-0.2, -0.15) is 0 Å². The molecule has 0 fully saturated rings. The van der Waals surface area contributed by atoms with Gasteiger partial charge in [-0.25, -0.2) is 0 Å². The number of rotatable bonds is 4. The second-order valence-corrected chi connectivity index (χ2v) is 5.04. The fourth-order valence-electron chi connectivity index (χ4n) is 2.36. The molecule has 108 valence electrons. The van der Waals surface area contributed by atoms with Crippen LogP contribution in [0.2, 0.25) is 0 Å². The maximum atomic E-state index is 12.3. The first-order valence-electron chi connectivity index (χ1n) is 7.11. The molecule has 3 aromatic carbocycles. The lowest BCUT2D eigenvalue weighted by Gasteiger charge is -2.01. The van der Waals surface area contributed by atoms with E-state index in [2.05, 4.69) is 0 Å². The Balaban J connectivity index is 1.84. The number of methoxy groups -OCH3 is 1. The molecule has 3 aromatic rings. The van der Waals surface area contributed by atoms with Crippen LogP contribution in [0.3, 0.4) is 0 Å². The van der Waals surface area contributed by atoms with Gasteiger partial charge in [0.1, 0.15) is 5.75 Å². The lowest BCUT2D eigenvalue weighted by atomic mass is 10.0. The van der Waals surface area contributed by atoms with E-state index in [-0.39, 0.29) is 5.78 Å². The number of ether oxygens (including phenoxy) is 1. The van der Waals surface area contributed by atoms with Gasteiger partial charge in [-0.1, -0.05) is 54.6 Å². The van der Waals surface area contributed by atoms with Gasteiger partial charge >= 0.3 is 0 Å². The van der Waals surface area contributed by atoms with Crippen LogP contribution in [0.15, 0.2) is 72.8 Å². The van der Waals surface area contributed by atoms with Crippen molar-refractivity contribution in [3.63, 3.8) is 0 Å². The average molecular weight is 288 g/mol. The monoisotopic (exact) mass is 288 g/mol. The Morgan fingerprint density at radius 2 is 1.73 bits per heavy atom. The van der Waals surface area contributed by atoms with Crippen LogP contribution >= 0.6 is 0 Å². The maximum Gasteiger partial charge on any atom is 0.185 e. The highest BCUT2D eigenvalue weighted by molar-refractivity contribution is 6.08. The molecule has 0 aromatic heterocycles. The number of carbonyl (C=O) groups is 1.